The highest BCUT2D eigenvalue weighted by Crippen LogP contribution is 2.28. The van der Waals surface area contributed by atoms with Gasteiger partial charge in [-0.2, -0.15) is 5.10 Å². The summed E-state index contributed by atoms with van der Waals surface area (Å²) in [5.41, 5.74) is 1.12. The van der Waals surface area contributed by atoms with Crippen LogP contribution >= 0.6 is 0 Å². The second kappa shape index (κ2) is 5.95. The summed E-state index contributed by atoms with van der Waals surface area (Å²) in [7, 11) is 1.94. The summed E-state index contributed by atoms with van der Waals surface area (Å²) in [6, 6.07) is 2.08. The Labute approximate surface area is 119 Å². The molecule has 0 unspecified atom stereocenters. The van der Waals surface area contributed by atoms with Crippen molar-refractivity contribution in [2.45, 2.75) is 31.6 Å². The van der Waals surface area contributed by atoms with Gasteiger partial charge < -0.3 is 9.64 Å². The first kappa shape index (κ1) is 13.6. The largest absolute Gasteiger partial charge is 0.381 e. The lowest BCUT2D eigenvalue weighted by Gasteiger charge is -2.35. The summed E-state index contributed by atoms with van der Waals surface area (Å²) in [4.78, 5) is 14.6. The molecule has 0 saturated carbocycles. The van der Waals surface area contributed by atoms with Crippen LogP contribution in [0.3, 0.4) is 0 Å². The van der Waals surface area contributed by atoms with Crippen molar-refractivity contribution >= 4 is 5.91 Å². The van der Waals surface area contributed by atoms with E-state index in [2.05, 4.69) is 16.1 Å². The molecule has 1 atom stereocenters. The molecule has 2 saturated heterocycles. The summed E-state index contributed by atoms with van der Waals surface area (Å²) >= 11 is 0. The minimum Gasteiger partial charge on any atom is -0.381 e. The average Bonchev–Trinajstić information content (AvgIpc) is 2.94. The van der Waals surface area contributed by atoms with Crippen molar-refractivity contribution in [2.24, 2.45) is 13.0 Å². The number of rotatable bonds is 2. The van der Waals surface area contributed by atoms with E-state index in [1.165, 1.54) is 0 Å². The zero-order valence-electron chi connectivity index (χ0n) is 12.1. The molecular formula is C15H23N3O2. The third-order valence-corrected chi connectivity index (χ3v) is 4.46. The number of carbonyl (C=O) groups excluding carboxylic acids is 1. The number of nitrogens with zero attached hydrogens (tertiary/aromatic N) is 3. The number of hydrogen-bond donors (Lipinski definition) is 0. The zero-order chi connectivity index (χ0) is 13.9. The fourth-order valence-electron chi connectivity index (χ4n) is 3.27. The van der Waals surface area contributed by atoms with Crippen LogP contribution in [0.25, 0.3) is 0 Å². The number of piperidine rings is 1. The number of ether oxygens (including phenoxy) is 1. The molecule has 2 fully saturated rings. The second-order valence-corrected chi connectivity index (χ2v) is 5.92. The van der Waals surface area contributed by atoms with E-state index in [1.54, 1.807) is 0 Å². The first-order valence-electron chi connectivity index (χ1n) is 7.60. The smallest absolute Gasteiger partial charge is 0.225 e. The monoisotopic (exact) mass is 277 g/mol. The Hall–Kier alpha value is -1.36. The van der Waals surface area contributed by atoms with Gasteiger partial charge in [-0.25, -0.2) is 0 Å². The van der Waals surface area contributed by atoms with E-state index < -0.39 is 0 Å². The van der Waals surface area contributed by atoms with Crippen LogP contribution in [0.15, 0.2) is 12.3 Å². The lowest BCUT2D eigenvalue weighted by molar-refractivity contribution is -0.139. The lowest BCUT2D eigenvalue weighted by atomic mass is 9.92. The Morgan fingerprint density at radius 2 is 2.15 bits per heavy atom. The van der Waals surface area contributed by atoms with Gasteiger partial charge in [-0.05, 0) is 31.7 Å². The highest BCUT2D eigenvalue weighted by atomic mass is 16.5. The summed E-state index contributed by atoms with van der Waals surface area (Å²) in [6.07, 6.45) is 5.95. The maximum absolute atomic E-state index is 12.6. The zero-order valence-corrected chi connectivity index (χ0v) is 12.1. The van der Waals surface area contributed by atoms with E-state index in [1.807, 2.05) is 17.9 Å². The molecule has 0 spiro atoms. The first-order chi connectivity index (χ1) is 9.74. The van der Waals surface area contributed by atoms with Gasteiger partial charge in [0.1, 0.15) is 0 Å². The maximum atomic E-state index is 12.6. The van der Waals surface area contributed by atoms with Crippen molar-refractivity contribution in [3.8, 4) is 0 Å². The first-order valence-corrected chi connectivity index (χ1v) is 7.60. The van der Waals surface area contributed by atoms with Crippen LogP contribution in [0.1, 0.15) is 37.3 Å². The van der Waals surface area contributed by atoms with Gasteiger partial charge in [0, 0.05) is 51.4 Å². The van der Waals surface area contributed by atoms with Crippen molar-refractivity contribution in [1.29, 1.82) is 0 Å². The van der Waals surface area contributed by atoms with Crippen LogP contribution in [0.5, 0.6) is 0 Å². The number of aromatic nitrogens is 2. The van der Waals surface area contributed by atoms with Gasteiger partial charge in [0.15, 0.2) is 0 Å². The molecule has 0 bridgehead atoms. The molecule has 1 aromatic rings. The number of likely N-dealkylation sites (tertiary alicyclic amines) is 1. The van der Waals surface area contributed by atoms with E-state index in [-0.39, 0.29) is 5.92 Å². The number of carbonyl (C=O) groups is 1. The van der Waals surface area contributed by atoms with Crippen LogP contribution < -0.4 is 0 Å². The lowest BCUT2D eigenvalue weighted by Crippen LogP contribution is -2.43. The number of hydrogen-bond acceptors (Lipinski definition) is 3. The third kappa shape index (κ3) is 2.87. The molecular weight excluding hydrogens is 254 g/mol. The highest BCUT2D eigenvalue weighted by Gasteiger charge is 2.31. The molecule has 3 heterocycles. The molecule has 0 aromatic carbocycles. The molecule has 3 rings (SSSR count). The summed E-state index contributed by atoms with van der Waals surface area (Å²) in [5, 5.41) is 4.50. The number of amides is 1. The summed E-state index contributed by atoms with van der Waals surface area (Å²) in [6.45, 7) is 3.19. The van der Waals surface area contributed by atoms with Gasteiger partial charge >= 0.3 is 0 Å². The minimum atomic E-state index is 0.172. The number of aryl methyl sites for hydroxylation is 1. The van der Waals surface area contributed by atoms with Crippen LogP contribution in [0, 0.1) is 5.92 Å². The van der Waals surface area contributed by atoms with Gasteiger partial charge in [-0.3, -0.25) is 9.48 Å². The van der Waals surface area contributed by atoms with E-state index in [9.17, 15) is 4.79 Å². The van der Waals surface area contributed by atoms with Crippen molar-refractivity contribution in [2.75, 3.05) is 26.3 Å². The standard InChI is InChI=1S/C15H23N3O2/c1-17-8-4-14(16-17)13-3-2-7-18(11-13)15(19)12-5-9-20-10-6-12/h4,8,12-13H,2-3,5-7,9-11H2,1H3/t13-/m0/s1. The Bertz CT molecular complexity index is 465. The molecule has 1 aromatic heterocycles. The molecule has 0 radical (unpaired) electrons. The Morgan fingerprint density at radius 3 is 2.85 bits per heavy atom. The van der Waals surface area contributed by atoms with Crippen molar-refractivity contribution in [1.82, 2.24) is 14.7 Å². The second-order valence-electron chi connectivity index (χ2n) is 5.92. The summed E-state index contributed by atoms with van der Waals surface area (Å²) < 4.78 is 7.19. The predicted octanol–water partition coefficient (Wildman–Crippen LogP) is 1.55. The summed E-state index contributed by atoms with van der Waals surface area (Å²) in [5.74, 6) is 0.897. The highest BCUT2D eigenvalue weighted by molar-refractivity contribution is 5.79. The van der Waals surface area contributed by atoms with Crippen LogP contribution in [-0.4, -0.2) is 46.9 Å². The average molecular weight is 277 g/mol. The third-order valence-electron chi connectivity index (χ3n) is 4.46. The van der Waals surface area contributed by atoms with Crippen LogP contribution in [-0.2, 0) is 16.6 Å². The van der Waals surface area contributed by atoms with Crippen LogP contribution in [0.2, 0.25) is 0 Å². The van der Waals surface area contributed by atoms with E-state index in [0.29, 0.717) is 11.8 Å². The predicted molar refractivity (Wildman–Crippen MR) is 75.3 cm³/mol. The fraction of sp³-hybridized carbons (Fsp3) is 0.733. The van der Waals surface area contributed by atoms with E-state index >= 15 is 0 Å². The van der Waals surface area contributed by atoms with Crippen molar-refractivity contribution in [3.63, 3.8) is 0 Å². The van der Waals surface area contributed by atoms with Gasteiger partial charge in [0.25, 0.3) is 0 Å². The molecule has 2 aliphatic rings. The van der Waals surface area contributed by atoms with Gasteiger partial charge in [0.2, 0.25) is 5.91 Å². The van der Waals surface area contributed by atoms with Gasteiger partial charge in [-0.15, -0.1) is 0 Å². The quantitative estimate of drug-likeness (QED) is 0.824. The Balaban J connectivity index is 1.63. The molecule has 110 valence electrons. The Kier molecular flexibility index (Phi) is 4.05. The minimum absolute atomic E-state index is 0.172. The molecule has 1 amide bonds. The normalized spacial score (nSPS) is 24.9. The maximum Gasteiger partial charge on any atom is 0.225 e. The fourth-order valence-corrected chi connectivity index (χ4v) is 3.27. The molecule has 20 heavy (non-hydrogen) atoms. The molecule has 0 N–H and O–H groups in total. The van der Waals surface area contributed by atoms with Crippen LogP contribution in [0.4, 0.5) is 0 Å². The SMILES string of the molecule is Cn1ccc([C@H]2CCCN(C(=O)C3CCOCC3)C2)n1. The van der Waals surface area contributed by atoms with Crippen molar-refractivity contribution < 1.29 is 9.53 Å². The van der Waals surface area contributed by atoms with Crippen molar-refractivity contribution in [3.05, 3.63) is 18.0 Å². The van der Waals surface area contributed by atoms with E-state index in [0.717, 1.165) is 57.7 Å². The topological polar surface area (TPSA) is 47.4 Å². The molecule has 2 aliphatic heterocycles. The Morgan fingerprint density at radius 1 is 1.35 bits per heavy atom. The molecule has 5 nitrogen and oxygen atoms in total. The molecule has 0 aliphatic carbocycles. The van der Waals surface area contributed by atoms with Gasteiger partial charge in [0.05, 0.1) is 5.69 Å². The van der Waals surface area contributed by atoms with Gasteiger partial charge in [-0.1, -0.05) is 0 Å². The molecule has 5 heteroatoms. The van der Waals surface area contributed by atoms with E-state index in [4.69, 9.17) is 4.74 Å².